The molecule has 2 N–H and O–H groups in total. The van der Waals surface area contributed by atoms with E-state index in [1.54, 1.807) is 7.11 Å². The van der Waals surface area contributed by atoms with Gasteiger partial charge in [-0.25, -0.2) is 0 Å². The van der Waals surface area contributed by atoms with Crippen LogP contribution in [0.5, 0.6) is 5.75 Å². The van der Waals surface area contributed by atoms with Crippen LogP contribution >= 0.6 is 0 Å². The molecule has 0 atom stereocenters. The summed E-state index contributed by atoms with van der Waals surface area (Å²) in [6.45, 7) is 5.46. The zero-order valence-corrected chi connectivity index (χ0v) is 14.2. The Bertz CT molecular complexity index is 646. The fourth-order valence-corrected chi connectivity index (χ4v) is 2.74. The lowest BCUT2D eigenvalue weighted by Gasteiger charge is -2.17. The Morgan fingerprint density at radius 2 is 2.12 bits per heavy atom. The van der Waals surface area contributed by atoms with Crippen molar-refractivity contribution in [1.29, 1.82) is 0 Å². The molecule has 2 rings (SSSR count). The molecule has 1 aliphatic carbocycles. The van der Waals surface area contributed by atoms with Crippen molar-refractivity contribution in [2.24, 2.45) is 9.98 Å². The molecule has 1 aromatic rings. The van der Waals surface area contributed by atoms with E-state index in [0.29, 0.717) is 23.7 Å². The van der Waals surface area contributed by atoms with Gasteiger partial charge in [0, 0.05) is 0 Å². The first-order valence-electron chi connectivity index (χ1n) is 8.04. The first-order valence-corrected chi connectivity index (χ1v) is 8.04. The fourth-order valence-electron chi connectivity index (χ4n) is 2.74. The van der Waals surface area contributed by atoms with Crippen molar-refractivity contribution in [3.8, 4) is 5.75 Å². The molecule has 0 aliphatic heterocycles. The lowest BCUT2D eigenvalue weighted by molar-refractivity contribution is -0.108. The summed E-state index contributed by atoms with van der Waals surface area (Å²) in [7, 11) is 1.62. The number of methoxy groups -OCH3 is 1. The summed E-state index contributed by atoms with van der Waals surface area (Å²) < 4.78 is 5.43. The van der Waals surface area contributed by atoms with Crippen LogP contribution in [0.2, 0.25) is 0 Å². The predicted octanol–water partition coefficient (Wildman–Crippen LogP) is 3.04. The largest absolute Gasteiger partial charge is 0.495 e. The summed E-state index contributed by atoms with van der Waals surface area (Å²) >= 11 is 0. The second-order valence-corrected chi connectivity index (χ2v) is 5.73. The maximum atomic E-state index is 10.9. The van der Waals surface area contributed by atoms with Gasteiger partial charge in [-0.1, -0.05) is 18.9 Å². The van der Waals surface area contributed by atoms with E-state index in [2.05, 4.69) is 22.3 Å². The minimum Gasteiger partial charge on any atom is -0.495 e. The van der Waals surface area contributed by atoms with Crippen LogP contribution in [0.25, 0.3) is 0 Å². The molecule has 0 unspecified atom stereocenters. The predicted molar refractivity (Wildman–Crippen MR) is 97.9 cm³/mol. The third-order valence-corrected chi connectivity index (χ3v) is 3.94. The van der Waals surface area contributed by atoms with Crippen molar-refractivity contribution in [3.63, 3.8) is 0 Å². The summed E-state index contributed by atoms with van der Waals surface area (Å²) in [5.41, 5.74) is 2.36. The second-order valence-electron chi connectivity index (χ2n) is 5.73. The minimum absolute atomic E-state index is 0.241. The van der Waals surface area contributed by atoms with E-state index in [4.69, 9.17) is 9.73 Å². The zero-order chi connectivity index (χ0) is 17.4. The summed E-state index contributed by atoms with van der Waals surface area (Å²) in [5, 5.41) is 5.91. The van der Waals surface area contributed by atoms with E-state index in [-0.39, 0.29) is 6.04 Å². The zero-order valence-electron chi connectivity index (χ0n) is 14.2. The number of aryl methyl sites for hydroxylation is 1. The minimum atomic E-state index is 0.241. The highest BCUT2D eigenvalue weighted by Crippen LogP contribution is 2.27. The molecule has 1 amide bonds. The van der Waals surface area contributed by atoms with Gasteiger partial charge < -0.3 is 15.4 Å². The summed E-state index contributed by atoms with van der Waals surface area (Å²) in [6.07, 6.45) is 6.54. The summed E-state index contributed by atoms with van der Waals surface area (Å²) in [5.74, 6) is 1.27. The molecule has 0 bridgehead atoms. The van der Waals surface area contributed by atoms with E-state index in [0.717, 1.165) is 24.1 Å². The Kier molecular flexibility index (Phi) is 6.54. The summed E-state index contributed by atoms with van der Waals surface area (Å²) in [4.78, 5) is 19.5. The molecule has 0 radical (unpaired) electrons. The SMILES string of the molecule is C=N/C=C(/NC=O)C(=NC1CCCC1)Nc1ccc(C)cc1OC. The number of hydrogen-bond acceptors (Lipinski definition) is 4. The smallest absolute Gasteiger partial charge is 0.211 e. The monoisotopic (exact) mass is 328 g/mol. The Morgan fingerprint density at radius 3 is 2.75 bits per heavy atom. The molecule has 1 fully saturated rings. The van der Waals surface area contributed by atoms with Gasteiger partial charge in [-0.15, -0.1) is 0 Å². The second kappa shape index (κ2) is 8.86. The highest BCUT2D eigenvalue weighted by atomic mass is 16.5. The van der Waals surface area contributed by atoms with Crippen molar-refractivity contribution in [1.82, 2.24) is 5.32 Å². The number of carbonyl (C=O) groups is 1. The first-order chi connectivity index (χ1) is 11.7. The van der Waals surface area contributed by atoms with Gasteiger partial charge >= 0.3 is 0 Å². The van der Waals surface area contributed by atoms with Crippen molar-refractivity contribution in [3.05, 3.63) is 35.7 Å². The Balaban J connectivity index is 2.36. The maximum Gasteiger partial charge on any atom is 0.211 e. The van der Waals surface area contributed by atoms with Crippen molar-refractivity contribution >= 4 is 24.7 Å². The van der Waals surface area contributed by atoms with Crippen LogP contribution in [0.1, 0.15) is 31.2 Å². The normalized spacial score (nSPS) is 15.9. The fraction of sp³-hybridized carbons (Fsp3) is 0.389. The summed E-state index contributed by atoms with van der Waals surface area (Å²) in [6, 6.07) is 6.10. The molecular weight excluding hydrogens is 304 g/mol. The van der Waals surface area contributed by atoms with Gasteiger partial charge in [-0.05, 0) is 44.2 Å². The van der Waals surface area contributed by atoms with E-state index in [1.165, 1.54) is 19.0 Å². The number of rotatable bonds is 7. The number of carbonyl (C=O) groups excluding carboxylic acids is 1. The molecule has 0 spiro atoms. The molecule has 1 aliphatic rings. The molecule has 0 heterocycles. The Hall–Kier alpha value is -2.63. The van der Waals surface area contributed by atoms with Gasteiger partial charge in [0.25, 0.3) is 0 Å². The average Bonchev–Trinajstić information content (AvgIpc) is 3.08. The maximum absolute atomic E-state index is 10.9. The number of amides is 1. The van der Waals surface area contributed by atoms with Crippen molar-refractivity contribution < 1.29 is 9.53 Å². The van der Waals surface area contributed by atoms with Gasteiger partial charge in [-0.3, -0.25) is 14.8 Å². The quantitative estimate of drug-likeness (QED) is 0.459. The first kappa shape index (κ1) is 17.7. The van der Waals surface area contributed by atoms with E-state index >= 15 is 0 Å². The average molecular weight is 328 g/mol. The number of hydrogen-bond donors (Lipinski definition) is 2. The molecule has 128 valence electrons. The van der Waals surface area contributed by atoms with Crippen LogP contribution < -0.4 is 15.4 Å². The van der Waals surface area contributed by atoms with Gasteiger partial charge in [0.15, 0.2) is 5.84 Å². The highest BCUT2D eigenvalue weighted by Gasteiger charge is 2.17. The third-order valence-electron chi connectivity index (χ3n) is 3.94. The lowest BCUT2D eigenvalue weighted by atomic mass is 10.2. The van der Waals surface area contributed by atoms with E-state index < -0.39 is 0 Å². The van der Waals surface area contributed by atoms with Crippen LogP contribution in [-0.4, -0.2) is 32.1 Å². The van der Waals surface area contributed by atoms with Crippen LogP contribution in [0.3, 0.4) is 0 Å². The van der Waals surface area contributed by atoms with Gasteiger partial charge in [0.05, 0.1) is 25.0 Å². The molecule has 0 saturated heterocycles. The van der Waals surface area contributed by atoms with Crippen molar-refractivity contribution in [2.45, 2.75) is 38.6 Å². The molecular formula is C18H24N4O2. The number of nitrogens with one attached hydrogen (secondary N) is 2. The number of ether oxygens (including phenoxy) is 1. The van der Waals surface area contributed by atoms with Gasteiger partial charge in [0.1, 0.15) is 11.4 Å². The van der Waals surface area contributed by atoms with E-state index in [9.17, 15) is 4.79 Å². The number of amidine groups is 1. The van der Waals surface area contributed by atoms with Gasteiger partial charge in [-0.2, -0.15) is 0 Å². The van der Waals surface area contributed by atoms with Crippen LogP contribution in [0.4, 0.5) is 5.69 Å². The molecule has 1 saturated carbocycles. The van der Waals surface area contributed by atoms with Crippen LogP contribution in [0, 0.1) is 6.92 Å². The number of aliphatic imine (C=N–C) groups is 2. The van der Waals surface area contributed by atoms with Gasteiger partial charge in [0.2, 0.25) is 6.41 Å². The number of anilines is 1. The topological polar surface area (TPSA) is 75.1 Å². The molecule has 6 nitrogen and oxygen atoms in total. The van der Waals surface area contributed by atoms with E-state index in [1.807, 2.05) is 25.1 Å². The van der Waals surface area contributed by atoms with Crippen LogP contribution in [-0.2, 0) is 4.79 Å². The van der Waals surface area contributed by atoms with Crippen LogP contribution in [0.15, 0.2) is 40.1 Å². The molecule has 0 aromatic heterocycles. The Morgan fingerprint density at radius 1 is 1.38 bits per heavy atom. The number of benzene rings is 1. The standard InChI is InChI=1S/C18H24N4O2/c1-13-8-9-15(17(10-13)24-3)22-18(16(11-19-2)20-12-23)21-14-6-4-5-7-14/h8-12,14H,2,4-7H2,1,3H3,(H,20,23)(H,21,22)/b16-11+. The lowest BCUT2D eigenvalue weighted by Crippen LogP contribution is -2.27. The van der Waals surface area contributed by atoms with Crippen molar-refractivity contribution in [2.75, 3.05) is 12.4 Å². The highest BCUT2D eigenvalue weighted by molar-refractivity contribution is 6.09. The third kappa shape index (κ3) is 4.68. The number of nitrogens with zero attached hydrogens (tertiary/aromatic N) is 2. The molecule has 24 heavy (non-hydrogen) atoms. The molecule has 1 aromatic carbocycles. The Labute approximate surface area is 142 Å². The molecule has 6 heteroatoms.